The summed E-state index contributed by atoms with van der Waals surface area (Å²) in [6.07, 6.45) is 0.144. The van der Waals surface area contributed by atoms with Gasteiger partial charge in [0.1, 0.15) is 5.82 Å². The van der Waals surface area contributed by atoms with Gasteiger partial charge in [-0.3, -0.25) is 4.79 Å². The Morgan fingerprint density at radius 1 is 1.08 bits per heavy atom. The van der Waals surface area contributed by atoms with Gasteiger partial charge in [-0.1, -0.05) is 30.3 Å². The van der Waals surface area contributed by atoms with E-state index in [0.717, 1.165) is 6.07 Å². The van der Waals surface area contributed by atoms with Crippen LogP contribution in [-0.4, -0.2) is 11.1 Å². The molecule has 1 atom stereocenters. The van der Waals surface area contributed by atoms with Gasteiger partial charge in [0.2, 0.25) is 0 Å². The van der Waals surface area contributed by atoms with Crippen LogP contribution in [0.1, 0.15) is 36.9 Å². The van der Waals surface area contributed by atoms with Crippen molar-refractivity contribution in [2.45, 2.75) is 32.2 Å². The summed E-state index contributed by atoms with van der Waals surface area (Å²) in [4.78, 5) is 10.2. The van der Waals surface area contributed by atoms with E-state index < -0.39 is 23.4 Å². The predicted molar refractivity (Wildman–Crippen MR) is 85.9 cm³/mol. The molecule has 0 amide bonds. The highest BCUT2D eigenvalue weighted by atomic mass is 19.2. The molecule has 0 radical (unpaired) electrons. The van der Waals surface area contributed by atoms with Crippen LogP contribution in [-0.2, 0) is 11.2 Å². The molecule has 0 aliphatic rings. The van der Waals surface area contributed by atoms with E-state index in [1.807, 2.05) is 37.3 Å². The minimum Gasteiger partial charge on any atom is -0.481 e. The third kappa shape index (κ3) is 6.83. The quantitative estimate of drug-likeness (QED) is 0.802. The van der Waals surface area contributed by atoms with Gasteiger partial charge in [-0.05, 0) is 37.0 Å². The maximum Gasteiger partial charge on any atom is 0.303 e. The van der Waals surface area contributed by atoms with Crippen LogP contribution in [0.15, 0.2) is 42.5 Å². The lowest BCUT2D eigenvalue weighted by Crippen LogP contribution is -2.03. The SMILES string of the molecule is CC(N)c1ccccc1.O=C(O)CCCc1cc(F)c(F)cc1F. The molecule has 2 rings (SSSR count). The summed E-state index contributed by atoms with van der Waals surface area (Å²) < 4.78 is 38.2. The normalized spacial score (nSPS) is 11.4. The molecule has 0 bridgehead atoms. The molecule has 0 aromatic heterocycles. The molecule has 0 saturated heterocycles. The fourth-order valence-corrected chi connectivity index (χ4v) is 1.94. The average molecular weight is 339 g/mol. The number of aliphatic carboxylic acids is 1. The lowest BCUT2D eigenvalue weighted by molar-refractivity contribution is -0.137. The van der Waals surface area contributed by atoms with Crippen molar-refractivity contribution < 1.29 is 23.1 Å². The largest absolute Gasteiger partial charge is 0.481 e. The second-order valence-corrected chi connectivity index (χ2v) is 5.30. The monoisotopic (exact) mass is 339 g/mol. The summed E-state index contributed by atoms with van der Waals surface area (Å²) in [6, 6.07) is 11.4. The minimum atomic E-state index is -1.24. The molecule has 3 nitrogen and oxygen atoms in total. The van der Waals surface area contributed by atoms with Crippen molar-refractivity contribution in [3.05, 3.63) is 71.0 Å². The molecular weight excluding hydrogens is 319 g/mol. The Kier molecular flexibility index (Phi) is 7.98. The number of nitrogens with two attached hydrogens (primary N) is 1. The van der Waals surface area contributed by atoms with E-state index in [-0.39, 0.29) is 30.9 Å². The van der Waals surface area contributed by atoms with Gasteiger partial charge in [-0.25, -0.2) is 13.2 Å². The Labute approximate surface area is 138 Å². The topological polar surface area (TPSA) is 63.3 Å². The Morgan fingerprint density at radius 2 is 1.67 bits per heavy atom. The van der Waals surface area contributed by atoms with Gasteiger partial charge < -0.3 is 10.8 Å². The Bertz CT molecular complexity index is 661. The maximum absolute atomic E-state index is 13.0. The molecule has 130 valence electrons. The molecule has 0 fully saturated rings. The van der Waals surface area contributed by atoms with Gasteiger partial charge in [0.25, 0.3) is 0 Å². The number of rotatable bonds is 5. The van der Waals surface area contributed by atoms with E-state index >= 15 is 0 Å². The Morgan fingerprint density at radius 3 is 2.17 bits per heavy atom. The summed E-state index contributed by atoms with van der Waals surface area (Å²) in [5.41, 5.74) is 6.80. The number of carboxylic acid groups (broad SMARTS) is 1. The first-order valence-corrected chi connectivity index (χ1v) is 7.47. The number of carbonyl (C=O) groups is 1. The molecule has 2 aromatic carbocycles. The van der Waals surface area contributed by atoms with Crippen molar-refractivity contribution >= 4 is 5.97 Å². The van der Waals surface area contributed by atoms with Crippen molar-refractivity contribution in [2.75, 3.05) is 0 Å². The molecule has 0 spiro atoms. The van der Waals surface area contributed by atoms with Crippen LogP contribution in [0, 0.1) is 17.5 Å². The number of aryl methyl sites for hydroxylation is 1. The van der Waals surface area contributed by atoms with Gasteiger partial charge in [0, 0.05) is 18.5 Å². The fraction of sp³-hybridized carbons (Fsp3) is 0.278. The lowest BCUT2D eigenvalue weighted by Gasteiger charge is -2.02. The average Bonchev–Trinajstić information content (AvgIpc) is 2.53. The molecule has 0 aliphatic carbocycles. The second kappa shape index (κ2) is 9.72. The van der Waals surface area contributed by atoms with Gasteiger partial charge >= 0.3 is 5.97 Å². The lowest BCUT2D eigenvalue weighted by atomic mass is 10.1. The van der Waals surface area contributed by atoms with Gasteiger partial charge in [0.15, 0.2) is 11.6 Å². The highest BCUT2D eigenvalue weighted by molar-refractivity contribution is 5.66. The molecular formula is C18H20F3NO2. The smallest absolute Gasteiger partial charge is 0.303 e. The first kappa shape index (κ1) is 19.7. The van der Waals surface area contributed by atoms with E-state index in [2.05, 4.69) is 0 Å². The molecule has 24 heavy (non-hydrogen) atoms. The Balaban J connectivity index is 0.000000272. The number of hydrogen-bond acceptors (Lipinski definition) is 2. The van der Waals surface area contributed by atoms with E-state index in [4.69, 9.17) is 10.8 Å². The molecule has 1 unspecified atom stereocenters. The molecule has 2 aromatic rings. The van der Waals surface area contributed by atoms with Crippen molar-refractivity contribution in [1.29, 1.82) is 0 Å². The maximum atomic E-state index is 13.0. The highest BCUT2D eigenvalue weighted by Crippen LogP contribution is 2.15. The third-order valence-corrected chi connectivity index (χ3v) is 3.25. The summed E-state index contributed by atoms with van der Waals surface area (Å²) in [6.45, 7) is 1.98. The molecule has 3 N–H and O–H groups in total. The van der Waals surface area contributed by atoms with Crippen molar-refractivity contribution in [1.82, 2.24) is 0 Å². The summed E-state index contributed by atoms with van der Waals surface area (Å²) in [5.74, 6) is -4.21. The van der Waals surface area contributed by atoms with Gasteiger partial charge in [-0.2, -0.15) is 0 Å². The molecule has 0 heterocycles. The van der Waals surface area contributed by atoms with Crippen molar-refractivity contribution in [2.24, 2.45) is 5.73 Å². The third-order valence-electron chi connectivity index (χ3n) is 3.25. The number of hydrogen-bond donors (Lipinski definition) is 2. The van der Waals surface area contributed by atoms with Crippen LogP contribution in [0.25, 0.3) is 0 Å². The van der Waals surface area contributed by atoms with Crippen LogP contribution in [0.3, 0.4) is 0 Å². The van der Waals surface area contributed by atoms with E-state index in [1.54, 1.807) is 0 Å². The van der Waals surface area contributed by atoms with E-state index in [9.17, 15) is 18.0 Å². The molecule has 0 saturated carbocycles. The number of carboxylic acids is 1. The zero-order chi connectivity index (χ0) is 18.1. The van der Waals surface area contributed by atoms with Gasteiger partial charge in [-0.15, -0.1) is 0 Å². The van der Waals surface area contributed by atoms with Crippen LogP contribution in [0.4, 0.5) is 13.2 Å². The van der Waals surface area contributed by atoms with E-state index in [0.29, 0.717) is 6.07 Å². The van der Waals surface area contributed by atoms with Crippen LogP contribution < -0.4 is 5.73 Å². The molecule has 0 aliphatic heterocycles. The standard InChI is InChI=1S/C10H9F3O2.C8H11N/c11-7-5-9(13)8(12)4-6(7)2-1-3-10(14)15;1-7(9)8-5-3-2-4-6-8/h4-5H,1-3H2,(H,14,15);2-7H,9H2,1H3. The first-order valence-electron chi connectivity index (χ1n) is 7.47. The highest BCUT2D eigenvalue weighted by Gasteiger charge is 2.09. The van der Waals surface area contributed by atoms with Gasteiger partial charge in [0.05, 0.1) is 0 Å². The zero-order valence-electron chi connectivity index (χ0n) is 13.3. The number of benzene rings is 2. The molecule has 6 heteroatoms. The number of halogens is 3. The summed E-state index contributed by atoms with van der Waals surface area (Å²) >= 11 is 0. The summed E-state index contributed by atoms with van der Waals surface area (Å²) in [7, 11) is 0. The van der Waals surface area contributed by atoms with Crippen LogP contribution in [0.5, 0.6) is 0 Å². The van der Waals surface area contributed by atoms with E-state index in [1.165, 1.54) is 5.56 Å². The fourth-order valence-electron chi connectivity index (χ4n) is 1.94. The second-order valence-electron chi connectivity index (χ2n) is 5.30. The predicted octanol–water partition coefficient (Wildman–Crippen LogP) is 4.22. The zero-order valence-corrected chi connectivity index (χ0v) is 13.3. The Hall–Kier alpha value is -2.34. The van der Waals surface area contributed by atoms with Crippen LogP contribution in [0.2, 0.25) is 0 Å². The first-order chi connectivity index (χ1) is 11.3. The summed E-state index contributed by atoms with van der Waals surface area (Å²) in [5, 5.41) is 8.33. The van der Waals surface area contributed by atoms with Crippen LogP contribution >= 0.6 is 0 Å². The van der Waals surface area contributed by atoms with Crippen molar-refractivity contribution in [3.63, 3.8) is 0 Å². The minimum absolute atomic E-state index is 0.00449. The van der Waals surface area contributed by atoms with Crippen molar-refractivity contribution in [3.8, 4) is 0 Å².